The standard InChI is InChI=1S/C21H31N5O5/c1-4-15-17(20(28)25-16(12-27)21(29)31-6-3)18(23-13-7-9-30-10-8-13)14-11-22-26(5-2)19(14)24-15/h11,13,16,27H,4-10,12H2,1-3H3,(H,23,24)(H,25,28)/t16-/m0/s1. The van der Waals surface area contributed by atoms with Crippen LogP contribution in [0.2, 0.25) is 0 Å². The Labute approximate surface area is 181 Å². The van der Waals surface area contributed by atoms with Crippen molar-refractivity contribution < 1.29 is 24.2 Å². The van der Waals surface area contributed by atoms with Crippen LogP contribution in [-0.2, 0) is 27.2 Å². The van der Waals surface area contributed by atoms with Gasteiger partial charge in [0.25, 0.3) is 5.91 Å². The molecule has 31 heavy (non-hydrogen) atoms. The van der Waals surface area contributed by atoms with Gasteiger partial charge in [-0.05, 0) is 33.1 Å². The average Bonchev–Trinajstić information content (AvgIpc) is 3.20. The summed E-state index contributed by atoms with van der Waals surface area (Å²) in [5, 5.41) is 20.9. The van der Waals surface area contributed by atoms with Gasteiger partial charge in [0.05, 0.1) is 41.7 Å². The summed E-state index contributed by atoms with van der Waals surface area (Å²) in [6.45, 7) is 7.13. The summed E-state index contributed by atoms with van der Waals surface area (Å²) in [4.78, 5) is 30.1. The van der Waals surface area contributed by atoms with E-state index in [2.05, 4.69) is 15.7 Å². The van der Waals surface area contributed by atoms with E-state index in [4.69, 9.17) is 14.5 Å². The van der Waals surface area contributed by atoms with Crippen LogP contribution in [0.25, 0.3) is 11.0 Å². The SMILES string of the molecule is CCOC(=O)[C@H](CO)NC(=O)c1c(CC)nc2c(cnn2CC)c1NC1CCOCC1. The Morgan fingerprint density at radius 3 is 2.68 bits per heavy atom. The molecule has 1 aliphatic rings. The highest BCUT2D eigenvalue weighted by atomic mass is 16.5. The Morgan fingerprint density at radius 2 is 2.06 bits per heavy atom. The van der Waals surface area contributed by atoms with E-state index in [-0.39, 0.29) is 12.6 Å². The van der Waals surface area contributed by atoms with E-state index in [1.54, 1.807) is 17.8 Å². The minimum atomic E-state index is -1.15. The molecule has 2 aromatic heterocycles. The number of ether oxygens (including phenoxy) is 2. The maximum Gasteiger partial charge on any atom is 0.331 e. The first-order valence-electron chi connectivity index (χ1n) is 10.8. The van der Waals surface area contributed by atoms with Crippen molar-refractivity contribution in [2.75, 3.05) is 31.7 Å². The third-order valence-electron chi connectivity index (χ3n) is 5.35. The van der Waals surface area contributed by atoms with Gasteiger partial charge in [-0.25, -0.2) is 14.5 Å². The molecule has 1 fully saturated rings. The van der Waals surface area contributed by atoms with Gasteiger partial charge < -0.3 is 25.2 Å². The lowest BCUT2D eigenvalue weighted by molar-refractivity contribution is -0.146. The Balaban J connectivity index is 2.05. The van der Waals surface area contributed by atoms with Gasteiger partial charge in [0.15, 0.2) is 11.7 Å². The highest BCUT2D eigenvalue weighted by molar-refractivity contribution is 6.08. The van der Waals surface area contributed by atoms with Crippen LogP contribution in [0.1, 0.15) is 49.7 Å². The fourth-order valence-electron chi connectivity index (χ4n) is 3.72. The Bertz CT molecular complexity index is 923. The first-order chi connectivity index (χ1) is 15.0. The van der Waals surface area contributed by atoms with E-state index in [0.29, 0.717) is 48.8 Å². The molecule has 2 aromatic rings. The number of esters is 1. The monoisotopic (exact) mass is 433 g/mol. The summed E-state index contributed by atoms with van der Waals surface area (Å²) < 4.78 is 12.2. The molecule has 10 heteroatoms. The Morgan fingerprint density at radius 1 is 1.32 bits per heavy atom. The molecular weight excluding hydrogens is 402 g/mol. The van der Waals surface area contributed by atoms with Crippen LogP contribution < -0.4 is 10.6 Å². The van der Waals surface area contributed by atoms with E-state index in [0.717, 1.165) is 18.2 Å². The number of carbonyl (C=O) groups excluding carboxylic acids is 2. The molecule has 1 aliphatic heterocycles. The van der Waals surface area contributed by atoms with E-state index < -0.39 is 24.5 Å². The van der Waals surface area contributed by atoms with Crippen LogP contribution in [0.3, 0.4) is 0 Å². The molecule has 0 radical (unpaired) electrons. The Hall–Kier alpha value is -2.72. The number of pyridine rings is 1. The molecule has 0 unspecified atom stereocenters. The number of carbonyl (C=O) groups is 2. The number of rotatable bonds is 9. The molecule has 0 spiro atoms. The minimum absolute atomic E-state index is 0.138. The first-order valence-corrected chi connectivity index (χ1v) is 10.8. The van der Waals surface area contributed by atoms with Crippen molar-refractivity contribution in [1.29, 1.82) is 0 Å². The largest absolute Gasteiger partial charge is 0.464 e. The lowest BCUT2D eigenvalue weighted by Crippen LogP contribution is -2.45. The van der Waals surface area contributed by atoms with E-state index in [1.165, 1.54) is 0 Å². The number of amides is 1. The minimum Gasteiger partial charge on any atom is -0.464 e. The normalized spacial score (nSPS) is 15.6. The molecule has 3 N–H and O–H groups in total. The third kappa shape index (κ3) is 4.96. The molecule has 0 aromatic carbocycles. The zero-order chi connectivity index (χ0) is 22.4. The zero-order valence-electron chi connectivity index (χ0n) is 18.3. The third-order valence-corrected chi connectivity index (χ3v) is 5.35. The quantitative estimate of drug-likeness (QED) is 0.504. The molecule has 10 nitrogen and oxygen atoms in total. The molecule has 1 atom stereocenters. The highest BCUT2D eigenvalue weighted by Gasteiger charge is 2.28. The lowest BCUT2D eigenvalue weighted by atomic mass is 10.0. The number of hydrogen-bond donors (Lipinski definition) is 3. The van der Waals surface area contributed by atoms with Gasteiger partial charge in [-0.2, -0.15) is 5.10 Å². The number of aromatic nitrogens is 3. The summed E-state index contributed by atoms with van der Waals surface area (Å²) in [5.74, 6) is -1.17. The number of anilines is 1. The van der Waals surface area contributed by atoms with E-state index in [9.17, 15) is 14.7 Å². The predicted octanol–water partition coefficient (Wildman–Crippen LogP) is 1.26. The molecule has 170 valence electrons. The van der Waals surface area contributed by atoms with Gasteiger partial charge in [-0.1, -0.05) is 6.92 Å². The summed E-state index contributed by atoms with van der Waals surface area (Å²) in [5.41, 5.74) is 2.30. The second-order valence-electron chi connectivity index (χ2n) is 7.35. The molecule has 1 saturated heterocycles. The molecule has 0 bridgehead atoms. The number of aliphatic hydroxyl groups excluding tert-OH is 1. The van der Waals surface area contributed by atoms with Crippen molar-refractivity contribution >= 4 is 28.6 Å². The summed E-state index contributed by atoms with van der Waals surface area (Å²) in [7, 11) is 0. The van der Waals surface area contributed by atoms with Gasteiger partial charge in [0, 0.05) is 25.8 Å². The van der Waals surface area contributed by atoms with Gasteiger partial charge in [-0.3, -0.25) is 4.79 Å². The van der Waals surface area contributed by atoms with Gasteiger partial charge in [-0.15, -0.1) is 0 Å². The number of fused-ring (bicyclic) bond motifs is 1. The molecule has 1 amide bonds. The summed E-state index contributed by atoms with van der Waals surface area (Å²) >= 11 is 0. The number of hydrogen-bond acceptors (Lipinski definition) is 8. The van der Waals surface area contributed by atoms with Crippen LogP contribution >= 0.6 is 0 Å². The van der Waals surface area contributed by atoms with Gasteiger partial charge >= 0.3 is 5.97 Å². The number of nitrogens with one attached hydrogen (secondary N) is 2. The average molecular weight is 434 g/mol. The van der Waals surface area contributed by atoms with Gasteiger partial charge in [0.1, 0.15) is 0 Å². The highest BCUT2D eigenvalue weighted by Crippen LogP contribution is 2.31. The number of aliphatic hydroxyl groups is 1. The summed E-state index contributed by atoms with van der Waals surface area (Å²) in [6.07, 6.45) is 3.85. The van der Waals surface area contributed by atoms with E-state index >= 15 is 0 Å². The Kier molecular flexibility index (Phi) is 7.80. The van der Waals surface area contributed by atoms with Crippen molar-refractivity contribution in [3.8, 4) is 0 Å². The number of aryl methyl sites for hydroxylation is 2. The van der Waals surface area contributed by atoms with Crippen molar-refractivity contribution in [2.45, 2.75) is 58.7 Å². The van der Waals surface area contributed by atoms with Crippen molar-refractivity contribution in [3.63, 3.8) is 0 Å². The first kappa shape index (κ1) is 23.0. The zero-order valence-corrected chi connectivity index (χ0v) is 18.3. The van der Waals surface area contributed by atoms with Crippen LogP contribution in [0, 0.1) is 0 Å². The van der Waals surface area contributed by atoms with E-state index in [1.807, 2.05) is 13.8 Å². The van der Waals surface area contributed by atoms with Crippen molar-refractivity contribution in [2.24, 2.45) is 0 Å². The van der Waals surface area contributed by atoms with Gasteiger partial charge in [0.2, 0.25) is 0 Å². The van der Waals surface area contributed by atoms with Crippen LogP contribution in [0.4, 0.5) is 5.69 Å². The topological polar surface area (TPSA) is 128 Å². The van der Waals surface area contributed by atoms with Crippen LogP contribution in [0.15, 0.2) is 6.20 Å². The second kappa shape index (κ2) is 10.5. The smallest absolute Gasteiger partial charge is 0.331 e. The molecule has 3 heterocycles. The lowest BCUT2D eigenvalue weighted by Gasteiger charge is -2.26. The maximum atomic E-state index is 13.3. The fraction of sp³-hybridized carbons (Fsp3) is 0.619. The van der Waals surface area contributed by atoms with Crippen LogP contribution in [-0.4, -0.2) is 70.3 Å². The summed E-state index contributed by atoms with van der Waals surface area (Å²) in [6, 6.07) is -1.01. The molecular formula is C21H31N5O5. The molecule has 0 saturated carbocycles. The van der Waals surface area contributed by atoms with Crippen LogP contribution in [0.5, 0.6) is 0 Å². The molecule has 0 aliphatic carbocycles. The predicted molar refractivity (Wildman–Crippen MR) is 115 cm³/mol. The van der Waals surface area contributed by atoms with Crippen molar-refractivity contribution in [3.05, 3.63) is 17.5 Å². The second-order valence-corrected chi connectivity index (χ2v) is 7.35. The maximum absolute atomic E-state index is 13.3. The number of nitrogens with zero attached hydrogens (tertiary/aromatic N) is 3. The fourth-order valence-corrected chi connectivity index (χ4v) is 3.72. The molecule has 3 rings (SSSR count). The van der Waals surface area contributed by atoms with Crippen molar-refractivity contribution in [1.82, 2.24) is 20.1 Å².